The van der Waals surface area contributed by atoms with Crippen LogP contribution in [0.3, 0.4) is 0 Å². The summed E-state index contributed by atoms with van der Waals surface area (Å²) in [6.45, 7) is 5.61. The van der Waals surface area contributed by atoms with E-state index in [0.29, 0.717) is 30.7 Å². The van der Waals surface area contributed by atoms with Crippen LogP contribution in [0.2, 0.25) is 0 Å². The number of urea groups is 1. The third-order valence-electron chi connectivity index (χ3n) is 5.82. The topological polar surface area (TPSA) is 71.3 Å². The molecule has 0 radical (unpaired) electrons. The number of nitrogens with zero attached hydrogens (tertiary/aromatic N) is 3. The van der Waals surface area contributed by atoms with Gasteiger partial charge in [0.1, 0.15) is 0 Å². The molecule has 2 unspecified atom stereocenters. The molecular formula is C22H27N5O. The highest BCUT2D eigenvalue weighted by Gasteiger charge is 2.36. The van der Waals surface area contributed by atoms with Gasteiger partial charge in [-0.15, -0.1) is 0 Å². The summed E-state index contributed by atoms with van der Waals surface area (Å²) in [5.41, 5.74) is 5.76. The van der Waals surface area contributed by atoms with Gasteiger partial charge >= 0.3 is 6.03 Å². The second kappa shape index (κ2) is 8.00. The number of benzene rings is 1. The van der Waals surface area contributed by atoms with Gasteiger partial charge in [-0.25, -0.2) is 4.79 Å². The molecule has 28 heavy (non-hydrogen) atoms. The van der Waals surface area contributed by atoms with Crippen molar-refractivity contribution in [2.45, 2.75) is 45.7 Å². The lowest BCUT2D eigenvalue weighted by Gasteiger charge is -2.39. The largest absolute Gasteiger partial charge is 0.338 e. The van der Waals surface area contributed by atoms with Crippen molar-refractivity contribution in [3.8, 4) is 0 Å². The van der Waals surface area contributed by atoms with Crippen LogP contribution in [0.25, 0.3) is 0 Å². The fraction of sp³-hybridized carbons (Fsp3) is 0.409. The van der Waals surface area contributed by atoms with Gasteiger partial charge in [-0.2, -0.15) is 5.10 Å². The molecule has 1 aliphatic heterocycles. The summed E-state index contributed by atoms with van der Waals surface area (Å²) in [7, 11) is 0. The monoisotopic (exact) mass is 377 g/mol. The SMILES string of the molecule is CC1=NC2CCC2C(C)=C1Cn1cc(NC(=O)NCCc2ccccc2)cn1. The van der Waals surface area contributed by atoms with E-state index in [1.807, 2.05) is 29.1 Å². The number of fused-ring (bicyclic) bond motifs is 1. The van der Waals surface area contributed by atoms with E-state index in [-0.39, 0.29) is 6.03 Å². The molecule has 0 saturated heterocycles. The van der Waals surface area contributed by atoms with Crippen LogP contribution in [0, 0.1) is 5.92 Å². The Labute approximate surface area is 165 Å². The van der Waals surface area contributed by atoms with Crippen LogP contribution < -0.4 is 10.6 Å². The Kier molecular flexibility index (Phi) is 5.28. The molecule has 1 aromatic heterocycles. The second-order valence-corrected chi connectivity index (χ2v) is 7.67. The van der Waals surface area contributed by atoms with Crippen molar-refractivity contribution in [1.29, 1.82) is 0 Å². The maximum absolute atomic E-state index is 12.1. The Morgan fingerprint density at radius 3 is 2.79 bits per heavy atom. The number of anilines is 1. The molecule has 146 valence electrons. The Hall–Kier alpha value is -2.89. The van der Waals surface area contributed by atoms with E-state index in [4.69, 9.17) is 4.99 Å². The van der Waals surface area contributed by atoms with E-state index >= 15 is 0 Å². The van der Waals surface area contributed by atoms with Crippen LogP contribution in [0.4, 0.5) is 10.5 Å². The number of carbonyl (C=O) groups excluding carboxylic acids is 1. The highest BCUT2D eigenvalue weighted by atomic mass is 16.2. The lowest BCUT2D eigenvalue weighted by atomic mass is 9.71. The van der Waals surface area contributed by atoms with Crippen molar-refractivity contribution in [2.75, 3.05) is 11.9 Å². The number of dihydropyridines is 1. The molecule has 1 aromatic carbocycles. The van der Waals surface area contributed by atoms with Crippen LogP contribution in [0.5, 0.6) is 0 Å². The van der Waals surface area contributed by atoms with Gasteiger partial charge in [0.15, 0.2) is 0 Å². The number of allylic oxidation sites excluding steroid dienone is 1. The Bertz CT molecular complexity index is 912. The van der Waals surface area contributed by atoms with Crippen LogP contribution in [-0.4, -0.2) is 34.1 Å². The molecule has 4 rings (SSSR count). The van der Waals surface area contributed by atoms with Crippen LogP contribution >= 0.6 is 0 Å². The van der Waals surface area contributed by atoms with Crippen molar-refractivity contribution in [1.82, 2.24) is 15.1 Å². The summed E-state index contributed by atoms with van der Waals surface area (Å²) in [5.74, 6) is 0.613. The van der Waals surface area contributed by atoms with Crippen molar-refractivity contribution in [3.63, 3.8) is 0 Å². The molecule has 2 aromatic rings. The first kappa shape index (κ1) is 18.5. The normalized spacial score (nSPS) is 20.9. The fourth-order valence-electron chi connectivity index (χ4n) is 4.03. The van der Waals surface area contributed by atoms with Gasteiger partial charge in [0.2, 0.25) is 0 Å². The highest BCUT2D eigenvalue weighted by Crippen LogP contribution is 2.41. The highest BCUT2D eigenvalue weighted by molar-refractivity contribution is 6.00. The Morgan fingerprint density at radius 1 is 1.21 bits per heavy atom. The number of aromatic nitrogens is 2. The van der Waals surface area contributed by atoms with Gasteiger partial charge in [-0.3, -0.25) is 9.67 Å². The number of hydrogen-bond acceptors (Lipinski definition) is 3. The number of carbonyl (C=O) groups is 1. The molecule has 6 heteroatoms. The minimum atomic E-state index is -0.210. The van der Waals surface area contributed by atoms with Crippen LogP contribution in [0.15, 0.2) is 58.9 Å². The smallest absolute Gasteiger partial charge is 0.319 e. The summed E-state index contributed by atoms with van der Waals surface area (Å²) < 4.78 is 1.87. The number of rotatable bonds is 6. The summed E-state index contributed by atoms with van der Waals surface area (Å²) in [5, 5.41) is 10.1. The van der Waals surface area contributed by atoms with E-state index in [9.17, 15) is 4.79 Å². The third-order valence-corrected chi connectivity index (χ3v) is 5.82. The van der Waals surface area contributed by atoms with E-state index < -0.39 is 0 Å². The first-order chi connectivity index (χ1) is 13.6. The summed E-state index contributed by atoms with van der Waals surface area (Å²) in [6.07, 6.45) is 6.82. The lowest BCUT2D eigenvalue weighted by molar-refractivity contribution is 0.252. The molecule has 2 N–H and O–H groups in total. The van der Waals surface area contributed by atoms with Gasteiger partial charge in [0.25, 0.3) is 0 Å². The predicted octanol–water partition coefficient (Wildman–Crippen LogP) is 3.82. The van der Waals surface area contributed by atoms with E-state index in [0.717, 1.165) is 12.1 Å². The first-order valence-electron chi connectivity index (χ1n) is 9.96. The van der Waals surface area contributed by atoms with Gasteiger partial charge in [-0.05, 0) is 44.2 Å². The van der Waals surface area contributed by atoms with Gasteiger partial charge in [0, 0.05) is 24.4 Å². The maximum Gasteiger partial charge on any atom is 0.319 e. The molecule has 0 spiro atoms. The second-order valence-electron chi connectivity index (χ2n) is 7.67. The summed E-state index contributed by atoms with van der Waals surface area (Å²) in [4.78, 5) is 16.9. The average Bonchev–Trinajstić information content (AvgIpc) is 3.09. The zero-order valence-electron chi connectivity index (χ0n) is 16.5. The summed E-state index contributed by atoms with van der Waals surface area (Å²) >= 11 is 0. The molecule has 6 nitrogen and oxygen atoms in total. The van der Waals surface area contributed by atoms with Crippen molar-refractivity contribution in [3.05, 3.63) is 59.4 Å². The zero-order valence-corrected chi connectivity index (χ0v) is 16.5. The molecule has 1 fully saturated rings. The van der Waals surface area contributed by atoms with Crippen molar-refractivity contribution >= 4 is 17.4 Å². The van der Waals surface area contributed by atoms with Gasteiger partial charge in [0.05, 0.1) is 24.5 Å². The number of hydrogen-bond donors (Lipinski definition) is 2. The van der Waals surface area contributed by atoms with Crippen LogP contribution in [0.1, 0.15) is 32.3 Å². The van der Waals surface area contributed by atoms with Crippen molar-refractivity contribution in [2.24, 2.45) is 10.9 Å². The Balaban J connectivity index is 1.29. The average molecular weight is 377 g/mol. The van der Waals surface area contributed by atoms with Crippen molar-refractivity contribution < 1.29 is 4.79 Å². The molecule has 1 aliphatic carbocycles. The van der Waals surface area contributed by atoms with E-state index in [2.05, 4.69) is 41.7 Å². The third kappa shape index (κ3) is 4.01. The molecule has 2 heterocycles. The molecule has 0 bridgehead atoms. The first-order valence-corrected chi connectivity index (χ1v) is 9.96. The number of amides is 2. The molecule has 2 aliphatic rings. The standard InChI is InChI=1S/C22H27N5O/c1-15-19-8-9-21(19)25-16(2)20(15)14-27-13-18(12-24-27)26-22(28)23-11-10-17-6-4-3-5-7-17/h3-7,12-13,19,21H,8-11,14H2,1-2H3,(H2,23,26,28). The van der Waals surface area contributed by atoms with E-state index in [1.165, 1.54) is 29.6 Å². The van der Waals surface area contributed by atoms with Gasteiger partial charge in [-0.1, -0.05) is 35.9 Å². The molecule has 2 amide bonds. The molecule has 2 atom stereocenters. The summed E-state index contributed by atoms with van der Waals surface area (Å²) in [6, 6.07) is 10.4. The lowest BCUT2D eigenvalue weighted by Crippen LogP contribution is -2.36. The predicted molar refractivity (Wildman–Crippen MR) is 112 cm³/mol. The van der Waals surface area contributed by atoms with E-state index in [1.54, 1.807) is 6.20 Å². The zero-order chi connectivity index (χ0) is 19.5. The van der Waals surface area contributed by atoms with Gasteiger partial charge < -0.3 is 10.6 Å². The number of aliphatic imine (C=N–C) groups is 1. The molecular weight excluding hydrogens is 350 g/mol. The minimum absolute atomic E-state index is 0.210. The Morgan fingerprint density at radius 2 is 2.04 bits per heavy atom. The minimum Gasteiger partial charge on any atom is -0.338 e. The molecule has 1 saturated carbocycles. The maximum atomic E-state index is 12.1. The number of nitrogens with one attached hydrogen (secondary N) is 2. The quantitative estimate of drug-likeness (QED) is 0.803. The fourth-order valence-corrected chi connectivity index (χ4v) is 4.03. The van der Waals surface area contributed by atoms with Crippen LogP contribution in [-0.2, 0) is 13.0 Å².